The van der Waals surface area contributed by atoms with E-state index in [9.17, 15) is 0 Å². The first-order valence-corrected chi connectivity index (χ1v) is 6.00. The minimum absolute atomic E-state index is 0.0595. The number of hydrogen-bond acceptors (Lipinski definition) is 3. The predicted molar refractivity (Wildman–Crippen MR) is 73.8 cm³/mol. The lowest BCUT2D eigenvalue weighted by atomic mass is 10.00. The van der Waals surface area contributed by atoms with Crippen LogP contribution in [0.5, 0.6) is 0 Å². The van der Waals surface area contributed by atoms with E-state index in [1.54, 1.807) is 0 Å². The predicted octanol–water partition coefficient (Wildman–Crippen LogP) is 1.80. The Morgan fingerprint density at radius 2 is 1.72 bits per heavy atom. The van der Waals surface area contributed by atoms with Crippen molar-refractivity contribution in [3.63, 3.8) is 0 Å². The second-order valence-electron chi connectivity index (χ2n) is 4.32. The second kappa shape index (κ2) is 5.78. The van der Waals surface area contributed by atoms with E-state index in [1.165, 1.54) is 0 Å². The van der Waals surface area contributed by atoms with Gasteiger partial charge in [0.1, 0.15) is 0 Å². The van der Waals surface area contributed by atoms with Crippen LogP contribution in [0.2, 0.25) is 0 Å². The Labute approximate surface area is 107 Å². The number of aliphatic hydroxyl groups excluding tert-OH is 1. The van der Waals surface area contributed by atoms with E-state index in [0.717, 1.165) is 22.3 Å². The van der Waals surface area contributed by atoms with Gasteiger partial charge in [0.15, 0.2) is 0 Å². The van der Waals surface area contributed by atoms with Gasteiger partial charge in [-0.25, -0.2) is 0 Å². The van der Waals surface area contributed by atoms with Crippen LogP contribution < -0.4 is 11.5 Å². The quantitative estimate of drug-likeness (QED) is 0.765. The molecule has 2 aromatic carbocycles. The van der Waals surface area contributed by atoms with Crippen molar-refractivity contribution in [3.05, 3.63) is 59.7 Å². The highest BCUT2D eigenvalue weighted by molar-refractivity contribution is 5.64. The molecular formula is C15H18N2O. The molecule has 0 aromatic heterocycles. The molecule has 3 heteroatoms. The average molecular weight is 242 g/mol. The van der Waals surface area contributed by atoms with Gasteiger partial charge >= 0.3 is 0 Å². The maximum absolute atomic E-state index is 9.13. The number of benzene rings is 2. The summed E-state index contributed by atoms with van der Waals surface area (Å²) in [7, 11) is 0. The smallest absolute Gasteiger partial charge is 0.0682 e. The summed E-state index contributed by atoms with van der Waals surface area (Å²) in [5.74, 6) is 0. The molecule has 2 rings (SSSR count). The number of hydrogen-bond donors (Lipinski definition) is 3. The molecule has 0 aliphatic carbocycles. The van der Waals surface area contributed by atoms with E-state index in [2.05, 4.69) is 0 Å². The third-order valence-corrected chi connectivity index (χ3v) is 3.04. The summed E-state index contributed by atoms with van der Waals surface area (Å²) in [6.45, 7) is 0.503. The van der Waals surface area contributed by atoms with Crippen molar-refractivity contribution >= 4 is 0 Å². The lowest BCUT2D eigenvalue weighted by Gasteiger charge is -2.10. The molecule has 0 saturated heterocycles. The Hall–Kier alpha value is -1.68. The number of rotatable bonds is 4. The summed E-state index contributed by atoms with van der Waals surface area (Å²) < 4.78 is 0. The lowest BCUT2D eigenvalue weighted by molar-refractivity contribution is 0.282. The van der Waals surface area contributed by atoms with Crippen LogP contribution in [0.25, 0.3) is 11.1 Å². The van der Waals surface area contributed by atoms with Gasteiger partial charge in [-0.3, -0.25) is 0 Å². The van der Waals surface area contributed by atoms with Gasteiger partial charge < -0.3 is 16.6 Å². The molecule has 0 bridgehead atoms. The summed E-state index contributed by atoms with van der Waals surface area (Å²) in [4.78, 5) is 0. The highest BCUT2D eigenvalue weighted by atomic mass is 16.3. The minimum Gasteiger partial charge on any atom is -0.392 e. The van der Waals surface area contributed by atoms with E-state index in [4.69, 9.17) is 16.6 Å². The van der Waals surface area contributed by atoms with Crippen LogP contribution in [0.1, 0.15) is 17.2 Å². The molecule has 1 atom stereocenters. The van der Waals surface area contributed by atoms with Gasteiger partial charge in [0.05, 0.1) is 6.61 Å². The molecule has 18 heavy (non-hydrogen) atoms. The van der Waals surface area contributed by atoms with Gasteiger partial charge in [-0.05, 0) is 28.3 Å². The van der Waals surface area contributed by atoms with Gasteiger partial charge in [0, 0.05) is 12.6 Å². The second-order valence-corrected chi connectivity index (χ2v) is 4.32. The van der Waals surface area contributed by atoms with Gasteiger partial charge in [-0.1, -0.05) is 42.5 Å². The largest absolute Gasteiger partial charge is 0.392 e. The summed E-state index contributed by atoms with van der Waals surface area (Å²) in [5.41, 5.74) is 15.6. The monoisotopic (exact) mass is 242 g/mol. The van der Waals surface area contributed by atoms with E-state index in [1.807, 2.05) is 48.5 Å². The van der Waals surface area contributed by atoms with Crippen LogP contribution in [0.3, 0.4) is 0 Å². The first-order valence-electron chi connectivity index (χ1n) is 6.00. The maximum Gasteiger partial charge on any atom is 0.0682 e. The Balaban J connectivity index is 2.28. The van der Waals surface area contributed by atoms with Crippen molar-refractivity contribution in [3.8, 4) is 11.1 Å². The Morgan fingerprint density at radius 1 is 1.00 bits per heavy atom. The molecule has 2 aromatic rings. The first kappa shape index (κ1) is 12.8. The van der Waals surface area contributed by atoms with Crippen molar-refractivity contribution < 1.29 is 5.11 Å². The van der Waals surface area contributed by atoms with Crippen molar-refractivity contribution in [1.29, 1.82) is 0 Å². The molecule has 0 aliphatic rings. The molecule has 0 spiro atoms. The van der Waals surface area contributed by atoms with Gasteiger partial charge in [-0.15, -0.1) is 0 Å². The third-order valence-electron chi connectivity index (χ3n) is 3.04. The minimum atomic E-state index is -0.108. The van der Waals surface area contributed by atoms with Crippen LogP contribution >= 0.6 is 0 Å². The fourth-order valence-corrected chi connectivity index (χ4v) is 1.91. The Bertz CT molecular complexity index is 508. The molecule has 0 heterocycles. The number of aliphatic hydroxyl groups is 1. The molecule has 0 aliphatic heterocycles. The van der Waals surface area contributed by atoms with Crippen LogP contribution in [0.4, 0.5) is 0 Å². The van der Waals surface area contributed by atoms with Crippen molar-refractivity contribution in [2.45, 2.75) is 12.6 Å². The van der Waals surface area contributed by atoms with Crippen molar-refractivity contribution in [1.82, 2.24) is 0 Å². The molecule has 0 radical (unpaired) electrons. The molecule has 0 amide bonds. The fourth-order valence-electron chi connectivity index (χ4n) is 1.91. The molecular weight excluding hydrogens is 224 g/mol. The zero-order chi connectivity index (χ0) is 13.0. The van der Waals surface area contributed by atoms with Crippen molar-refractivity contribution in [2.24, 2.45) is 11.5 Å². The zero-order valence-corrected chi connectivity index (χ0v) is 10.2. The van der Waals surface area contributed by atoms with E-state index in [-0.39, 0.29) is 12.6 Å². The lowest BCUT2D eigenvalue weighted by Crippen LogP contribution is -2.20. The molecule has 3 nitrogen and oxygen atoms in total. The zero-order valence-electron chi connectivity index (χ0n) is 10.2. The summed E-state index contributed by atoms with van der Waals surface area (Å²) in [6.07, 6.45) is 0. The van der Waals surface area contributed by atoms with E-state index in [0.29, 0.717) is 6.54 Å². The summed E-state index contributed by atoms with van der Waals surface area (Å²) >= 11 is 0. The third kappa shape index (κ3) is 2.76. The van der Waals surface area contributed by atoms with Crippen molar-refractivity contribution in [2.75, 3.05) is 6.54 Å². The van der Waals surface area contributed by atoms with Gasteiger partial charge in [0.2, 0.25) is 0 Å². The fraction of sp³-hybridized carbons (Fsp3) is 0.200. The van der Waals surface area contributed by atoms with E-state index >= 15 is 0 Å². The average Bonchev–Trinajstić information content (AvgIpc) is 2.46. The first-order chi connectivity index (χ1) is 8.74. The highest BCUT2D eigenvalue weighted by Gasteiger charge is 2.04. The molecule has 1 unspecified atom stereocenters. The van der Waals surface area contributed by atoms with Crippen LogP contribution in [-0.4, -0.2) is 11.7 Å². The molecule has 5 N–H and O–H groups in total. The standard InChI is InChI=1S/C15H18N2O/c16-9-15(17)13-6-4-12(5-7-13)14-3-1-2-11(8-14)10-18/h1-8,15,18H,9-10,16-17H2. The van der Waals surface area contributed by atoms with Crippen LogP contribution in [-0.2, 0) is 6.61 Å². The Kier molecular flexibility index (Phi) is 4.10. The Morgan fingerprint density at radius 3 is 2.33 bits per heavy atom. The van der Waals surface area contributed by atoms with Gasteiger partial charge in [0.25, 0.3) is 0 Å². The maximum atomic E-state index is 9.13. The molecule has 94 valence electrons. The highest BCUT2D eigenvalue weighted by Crippen LogP contribution is 2.22. The van der Waals surface area contributed by atoms with E-state index < -0.39 is 0 Å². The van der Waals surface area contributed by atoms with Gasteiger partial charge in [-0.2, -0.15) is 0 Å². The molecule has 0 saturated carbocycles. The molecule has 0 fully saturated rings. The summed E-state index contributed by atoms with van der Waals surface area (Å²) in [5, 5.41) is 9.13. The summed E-state index contributed by atoms with van der Waals surface area (Å²) in [6, 6.07) is 15.8. The van der Waals surface area contributed by atoms with Crippen LogP contribution in [0.15, 0.2) is 48.5 Å². The number of nitrogens with two attached hydrogens (primary N) is 2. The van der Waals surface area contributed by atoms with Crippen LogP contribution in [0, 0.1) is 0 Å². The topological polar surface area (TPSA) is 72.3 Å². The normalized spacial score (nSPS) is 12.4. The SMILES string of the molecule is NCC(N)c1ccc(-c2cccc(CO)c2)cc1.